The van der Waals surface area contributed by atoms with Crippen LogP contribution in [0.15, 0.2) is 42.5 Å². The monoisotopic (exact) mass is 280 g/mol. The van der Waals surface area contributed by atoms with E-state index in [1.807, 2.05) is 0 Å². The van der Waals surface area contributed by atoms with Crippen molar-refractivity contribution in [2.75, 3.05) is 13.2 Å². The molecule has 21 heavy (non-hydrogen) atoms. The lowest BCUT2D eigenvalue weighted by molar-refractivity contribution is 0.407. The predicted octanol–water partition coefficient (Wildman–Crippen LogP) is 3.54. The van der Waals surface area contributed by atoms with Crippen LogP contribution >= 0.6 is 0 Å². The number of benzene rings is 2. The van der Waals surface area contributed by atoms with Crippen LogP contribution in [0.3, 0.4) is 0 Å². The highest BCUT2D eigenvalue weighted by molar-refractivity contribution is 5.67. The van der Waals surface area contributed by atoms with Crippen molar-refractivity contribution < 1.29 is 9.47 Å². The normalized spacial score (nSPS) is 23.1. The Morgan fingerprint density at radius 1 is 0.857 bits per heavy atom. The van der Waals surface area contributed by atoms with Crippen molar-refractivity contribution in [3.8, 4) is 11.1 Å². The molecule has 0 saturated carbocycles. The molecule has 4 rings (SSSR count). The predicted molar refractivity (Wildman–Crippen MR) is 83.5 cm³/mol. The first-order chi connectivity index (χ1) is 10.3. The van der Waals surface area contributed by atoms with Gasteiger partial charge in [0.05, 0.1) is 25.4 Å². The van der Waals surface area contributed by atoms with Gasteiger partial charge in [0.2, 0.25) is 0 Å². The summed E-state index contributed by atoms with van der Waals surface area (Å²) in [4.78, 5) is 0. The quantitative estimate of drug-likeness (QED) is 0.783. The van der Waals surface area contributed by atoms with Crippen molar-refractivity contribution in [1.29, 1.82) is 0 Å². The van der Waals surface area contributed by atoms with Crippen LogP contribution in [0.4, 0.5) is 0 Å². The molecule has 0 aromatic heterocycles. The zero-order chi connectivity index (χ0) is 14.2. The molecule has 2 heteroatoms. The van der Waals surface area contributed by atoms with Crippen LogP contribution in [0.2, 0.25) is 0 Å². The maximum absolute atomic E-state index is 5.31. The minimum absolute atomic E-state index is 0.458. The SMILES string of the molecule is Cc1cc(CC2CO2)ccc1-c1ccc(CC2CO2)cc1. The van der Waals surface area contributed by atoms with Gasteiger partial charge < -0.3 is 9.47 Å². The lowest BCUT2D eigenvalue weighted by Gasteiger charge is -2.09. The van der Waals surface area contributed by atoms with E-state index in [9.17, 15) is 0 Å². The Balaban J connectivity index is 1.53. The zero-order valence-corrected chi connectivity index (χ0v) is 12.3. The number of epoxide rings is 2. The number of aryl methyl sites for hydroxylation is 1. The molecule has 108 valence electrons. The number of ether oxygens (including phenoxy) is 2. The summed E-state index contributed by atoms with van der Waals surface area (Å²) in [5.74, 6) is 0. The first kappa shape index (κ1) is 13.1. The minimum Gasteiger partial charge on any atom is -0.373 e. The van der Waals surface area contributed by atoms with E-state index in [1.165, 1.54) is 27.8 Å². The second-order valence-electron chi connectivity index (χ2n) is 6.17. The van der Waals surface area contributed by atoms with Gasteiger partial charge in [-0.05, 0) is 34.7 Å². The van der Waals surface area contributed by atoms with Crippen LogP contribution in [0.1, 0.15) is 16.7 Å². The molecular formula is C19H20O2. The third kappa shape index (κ3) is 3.17. The molecule has 2 unspecified atom stereocenters. The zero-order valence-electron chi connectivity index (χ0n) is 12.3. The smallest absolute Gasteiger partial charge is 0.0850 e. The van der Waals surface area contributed by atoms with Crippen molar-refractivity contribution in [2.24, 2.45) is 0 Å². The second kappa shape index (κ2) is 5.28. The molecule has 2 aliphatic heterocycles. The van der Waals surface area contributed by atoms with Gasteiger partial charge in [-0.25, -0.2) is 0 Å². The molecule has 2 atom stereocenters. The highest BCUT2D eigenvalue weighted by Crippen LogP contribution is 2.27. The van der Waals surface area contributed by atoms with Crippen LogP contribution in [0, 0.1) is 6.92 Å². The fourth-order valence-electron chi connectivity index (χ4n) is 2.89. The molecule has 0 N–H and O–H groups in total. The van der Waals surface area contributed by atoms with Crippen LogP contribution in [-0.4, -0.2) is 25.4 Å². The number of hydrogen-bond donors (Lipinski definition) is 0. The molecule has 2 saturated heterocycles. The summed E-state index contributed by atoms with van der Waals surface area (Å²) in [5.41, 5.74) is 6.70. The van der Waals surface area contributed by atoms with Crippen molar-refractivity contribution in [1.82, 2.24) is 0 Å². The van der Waals surface area contributed by atoms with Gasteiger partial charge in [-0.2, -0.15) is 0 Å². The van der Waals surface area contributed by atoms with E-state index in [0.717, 1.165) is 26.1 Å². The Bertz CT molecular complexity index is 637. The summed E-state index contributed by atoms with van der Waals surface area (Å²) in [5, 5.41) is 0. The van der Waals surface area contributed by atoms with E-state index in [4.69, 9.17) is 9.47 Å². The molecule has 2 aliphatic rings. The third-order valence-electron chi connectivity index (χ3n) is 4.29. The lowest BCUT2D eigenvalue weighted by Crippen LogP contribution is -1.95. The molecule has 2 heterocycles. The van der Waals surface area contributed by atoms with E-state index in [1.54, 1.807) is 0 Å². The summed E-state index contributed by atoms with van der Waals surface area (Å²) >= 11 is 0. The molecule has 2 aromatic rings. The van der Waals surface area contributed by atoms with Crippen LogP contribution < -0.4 is 0 Å². The summed E-state index contributed by atoms with van der Waals surface area (Å²) in [7, 11) is 0. The first-order valence-electron chi connectivity index (χ1n) is 7.70. The molecule has 0 amide bonds. The molecule has 0 spiro atoms. The van der Waals surface area contributed by atoms with Gasteiger partial charge >= 0.3 is 0 Å². The Morgan fingerprint density at radius 3 is 2.00 bits per heavy atom. The van der Waals surface area contributed by atoms with Gasteiger partial charge in [0.25, 0.3) is 0 Å². The van der Waals surface area contributed by atoms with Crippen molar-refractivity contribution in [3.63, 3.8) is 0 Å². The van der Waals surface area contributed by atoms with Gasteiger partial charge in [-0.3, -0.25) is 0 Å². The largest absolute Gasteiger partial charge is 0.373 e. The van der Waals surface area contributed by atoms with Crippen LogP contribution in [-0.2, 0) is 22.3 Å². The molecular weight excluding hydrogens is 260 g/mol. The van der Waals surface area contributed by atoms with Gasteiger partial charge in [0, 0.05) is 12.8 Å². The maximum atomic E-state index is 5.31. The average Bonchev–Trinajstić information content (AvgIpc) is 3.37. The first-order valence-corrected chi connectivity index (χ1v) is 7.70. The maximum Gasteiger partial charge on any atom is 0.0850 e. The average molecular weight is 280 g/mol. The van der Waals surface area contributed by atoms with Gasteiger partial charge in [0.15, 0.2) is 0 Å². The summed E-state index contributed by atoms with van der Waals surface area (Å²) in [6.45, 7) is 4.04. The summed E-state index contributed by atoms with van der Waals surface area (Å²) in [6, 6.07) is 15.7. The van der Waals surface area contributed by atoms with E-state index in [-0.39, 0.29) is 0 Å². The Morgan fingerprint density at radius 2 is 1.43 bits per heavy atom. The van der Waals surface area contributed by atoms with Crippen LogP contribution in [0.25, 0.3) is 11.1 Å². The topological polar surface area (TPSA) is 25.1 Å². The fourth-order valence-corrected chi connectivity index (χ4v) is 2.89. The van der Waals surface area contributed by atoms with E-state index in [2.05, 4.69) is 49.4 Å². The highest BCUT2D eigenvalue weighted by Gasteiger charge is 2.23. The molecule has 0 aliphatic carbocycles. The summed E-state index contributed by atoms with van der Waals surface area (Å²) in [6.07, 6.45) is 3.00. The third-order valence-corrected chi connectivity index (χ3v) is 4.29. The highest BCUT2D eigenvalue weighted by atomic mass is 16.6. The van der Waals surface area contributed by atoms with Gasteiger partial charge in [0.1, 0.15) is 0 Å². The van der Waals surface area contributed by atoms with Crippen molar-refractivity contribution in [3.05, 3.63) is 59.2 Å². The fraction of sp³-hybridized carbons (Fsp3) is 0.368. The van der Waals surface area contributed by atoms with Gasteiger partial charge in [-0.1, -0.05) is 42.5 Å². The van der Waals surface area contributed by atoms with E-state index in [0.29, 0.717) is 12.2 Å². The second-order valence-corrected chi connectivity index (χ2v) is 6.17. The number of rotatable bonds is 5. The van der Waals surface area contributed by atoms with Gasteiger partial charge in [-0.15, -0.1) is 0 Å². The van der Waals surface area contributed by atoms with Crippen molar-refractivity contribution in [2.45, 2.75) is 32.0 Å². The molecule has 0 radical (unpaired) electrons. The molecule has 2 aromatic carbocycles. The van der Waals surface area contributed by atoms with E-state index >= 15 is 0 Å². The molecule has 2 nitrogen and oxygen atoms in total. The minimum atomic E-state index is 0.458. The Hall–Kier alpha value is -1.64. The standard InChI is InChI=1S/C19H20O2/c1-13-8-15(10-18-12-21-18)4-7-19(13)16-5-2-14(3-6-16)9-17-11-20-17/h2-8,17-18H,9-12H2,1H3. The number of hydrogen-bond acceptors (Lipinski definition) is 2. The Kier molecular flexibility index (Phi) is 3.28. The Labute approximate surface area is 125 Å². The molecule has 0 bridgehead atoms. The molecule has 2 fully saturated rings. The van der Waals surface area contributed by atoms with Crippen molar-refractivity contribution >= 4 is 0 Å². The van der Waals surface area contributed by atoms with E-state index < -0.39 is 0 Å². The lowest BCUT2D eigenvalue weighted by atomic mass is 9.96. The summed E-state index contributed by atoms with van der Waals surface area (Å²) < 4.78 is 10.6. The van der Waals surface area contributed by atoms with Crippen LogP contribution in [0.5, 0.6) is 0 Å².